The Labute approximate surface area is 254 Å². The van der Waals surface area contributed by atoms with E-state index in [2.05, 4.69) is 0 Å². The summed E-state index contributed by atoms with van der Waals surface area (Å²) < 4.78 is 71.7. The second kappa shape index (κ2) is 12.7. The molecule has 0 aliphatic heterocycles. The van der Waals surface area contributed by atoms with E-state index < -0.39 is 26.2 Å². The van der Waals surface area contributed by atoms with Crippen LogP contribution in [0.2, 0.25) is 0 Å². The van der Waals surface area contributed by atoms with E-state index >= 15 is 0 Å². The molecular formula is C33H36O8S2. The molecule has 0 aromatic heterocycles. The number of hydrogen-bond acceptors (Lipinski definition) is 8. The summed E-state index contributed by atoms with van der Waals surface area (Å²) in [6.45, 7) is 11.9. The minimum atomic E-state index is -4.37. The SMILES string of the molecule is CC(C)c1cc(C(C)(C)c2ccc(OS(=O)(=O)Oc3ccccc3)c(C(C)C)c2)ccc1OS(=O)(=O)Oc1ccccc1. The van der Waals surface area contributed by atoms with Gasteiger partial charge in [-0.05, 0) is 70.5 Å². The fourth-order valence-electron chi connectivity index (χ4n) is 4.54. The Morgan fingerprint density at radius 3 is 1.19 bits per heavy atom. The van der Waals surface area contributed by atoms with Crippen molar-refractivity contribution in [1.82, 2.24) is 0 Å². The Kier molecular flexibility index (Phi) is 9.41. The van der Waals surface area contributed by atoms with Gasteiger partial charge < -0.3 is 16.7 Å². The van der Waals surface area contributed by atoms with Crippen molar-refractivity contribution in [2.75, 3.05) is 0 Å². The molecule has 4 aromatic rings. The van der Waals surface area contributed by atoms with Gasteiger partial charge in [0.25, 0.3) is 0 Å². The van der Waals surface area contributed by atoms with E-state index in [-0.39, 0.29) is 34.8 Å². The second-order valence-corrected chi connectivity index (χ2v) is 13.5. The molecule has 0 heterocycles. The molecule has 10 heteroatoms. The van der Waals surface area contributed by atoms with Gasteiger partial charge >= 0.3 is 20.8 Å². The van der Waals surface area contributed by atoms with Crippen molar-refractivity contribution in [1.29, 1.82) is 0 Å². The van der Waals surface area contributed by atoms with Crippen LogP contribution in [0.4, 0.5) is 0 Å². The molecular weight excluding hydrogens is 588 g/mol. The van der Waals surface area contributed by atoms with Crippen LogP contribution in [0.15, 0.2) is 97.1 Å². The monoisotopic (exact) mass is 624 g/mol. The Morgan fingerprint density at radius 2 is 0.860 bits per heavy atom. The first-order chi connectivity index (χ1) is 20.2. The summed E-state index contributed by atoms with van der Waals surface area (Å²) in [6.07, 6.45) is 0. The highest BCUT2D eigenvalue weighted by Gasteiger charge is 2.29. The zero-order valence-corrected chi connectivity index (χ0v) is 26.6. The molecule has 0 aliphatic rings. The van der Waals surface area contributed by atoms with E-state index in [0.29, 0.717) is 11.1 Å². The van der Waals surface area contributed by atoms with E-state index in [4.69, 9.17) is 16.7 Å². The van der Waals surface area contributed by atoms with Crippen molar-refractivity contribution < 1.29 is 33.6 Å². The Bertz CT molecular complexity index is 1630. The van der Waals surface area contributed by atoms with Crippen LogP contribution < -0.4 is 16.7 Å². The highest BCUT2D eigenvalue weighted by molar-refractivity contribution is 7.82. The maximum absolute atomic E-state index is 12.7. The third kappa shape index (κ3) is 8.09. The fourth-order valence-corrected chi connectivity index (χ4v) is 6.04. The van der Waals surface area contributed by atoms with Crippen LogP contribution in [0.3, 0.4) is 0 Å². The van der Waals surface area contributed by atoms with Gasteiger partial charge in [-0.2, -0.15) is 0 Å². The van der Waals surface area contributed by atoms with Crippen molar-refractivity contribution >= 4 is 20.8 Å². The van der Waals surface area contributed by atoms with Crippen molar-refractivity contribution in [3.8, 4) is 23.0 Å². The molecule has 0 atom stereocenters. The molecule has 0 saturated carbocycles. The molecule has 0 unspecified atom stereocenters. The van der Waals surface area contributed by atoms with E-state index in [1.54, 1.807) is 48.5 Å². The van der Waals surface area contributed by atoms with Crippen LogP contribution in [0, 0.1) is 0 Å². The van der Waals surface area contributed by atoms with Gasteiger partial charge in [-0.3, -0.25) is 0 Å². The smallest absolute Gasteiger partial charge is 0.353 e. The van der Waals surface area contributed by atoms with Crippen molar-refractivity contribution in [2.45, 2.75) is 58.8 Å². The Balaban J connectivity index is 1.63. The molecule has 0 amide bonds. The minimum absolute atomic E-state index is 0.0607. The molecule has 43 heavy (non-hydrogen) atoms. The van der Waals surface area contributed by atoms with Crippen molar-refractivity contribution in [2.24, 2.45) is 0 Å². The molecule has 0 spiro atoms. The molecule has 0 fully saturated rings. The molecule has 4 rings (SSSR count). The highest BCUT2D eigenvalue weighted by atomic mass is 32.3. The van der Waals surface area contributed by atoms with Gasteiger partial charge in [0, 0.05) is 5.41 Å². The zero-order chi connectivity index (χ0) is 31.4. The number of hydrogen-bond donors (Lipinski definition) is 0. The van der Waals surface area contributed by atoms with Crippen LogP contribution in [0.25, 0.3) is 0 Å². The lowest BCUT2D eigenvalue weighted by Gasteiger charge is -2.29. The molecule has 4 aromatic carbocycles. The molecule has 0 aliphatic carbocycles. The maximum Gasteiger partial charge on any atom is 0.500 e. The summed E-state index contributed by atoms with van der Waals surface area (Å²) in [5.74, 6) is 0.545. The summed E-state index contributed by atoms with van der Waals surface area (Å²) in [6, 6.07) is 27.1. The van der Waals surface area contributed by atoms with E-state index in [9.17, 15) is 16.8 Å². The Morgan fingerprint density at radius 1 is 0.512 bits per heavy atom. The van der Waals surface area contributed by atoms with Gasteiger partial charge in [0.15, 0.2) is 0 Å². The van der Waals surface area contributed by atoms with Crippen molar-refractivity contribution in [3.63, 3.8) is 0 Å². The maximum atomic E-state index is 12.7. The topological polar surface area (TPSA) is 105 Å². The third-order valence-corrected chi connectivity index (χ3v) is 8.53. The second-order valence-electron chi connectivity index (χ2n) is 11.2. The first-order valence-electron chi connectivity index (χ1n) is 13.8. The van der Waals surface area contributed by atoms with Crippen LogP contribution in [-0.4, -0.2) is 16.8 Å². The van der Waals surface area contributed by atoms with Crippen LogP contribution in [0.5, 0.6) is 23.0 Å². The van der Waals surface area contributed by atoms with Gasteiger partial charge in [-0.25, -0.2) is 0 Å². The Hall–Kier alpha value is -4.02. The lowest BCUT2D eigenvalue weighted by atomic mass is 9.76. The minimum Gasteiger partial charge on any atom is -0.353 e. The van der Waals surface area contributed by atoms with E-state index in [1.807, 2.05) is 65.8 Å². The lowest BCUT2D eigenvalue weighted by molar-refractivity contribution is 0.388. The highest BCUT2D eigenvalue weighted by Crippen LogP contribution is 2.40. The molecule has 0 saturated heterocycles. The van der Waals surface area contributed by atoms with Gasteiger partial charge in [0.1, 0.15) is 23.0 Å². The summed E-state index contributed by atoms with van der Waals surface area (Å²) in [7, 11) is -8.74. The average Bonchev–Trinajstić information content (AvgIpc) is 2.93. The quantitative estimate of drug-likeness (QED) is 0.158. The van der Waals surface area contributed by atoms with Crippen LogP contribution in [0.1, 0.15) is 75.6 Å². The first-order valence-corrected chi connectivity index (χ1v) is 16.5. The molecule has 0 bridgehead atoms. The summed E-state index contributed by atoms with van der Waals surface area (Å²) >= 11 is 0. The predicted molar refractivity (Wildman–Crippen MR) is 166 cm³/mol. The molecule has 0 radical (unpaired) electrons. The number of para-hydroxylation sites is 2. The standard InChI is InChI=1S/C33H36O8S2/c1-23(2)29-21-25(17-19-31(29)40-42(34,35)38-27-13-9-7-10-14-27)33(5,6)26-18-20-32(30(22-26)24(3)4)41-43(36,37)39-28-15-11-8-12-16-28/h7-24H,1-6H3. The first kappa shape index (κ1) is 31.9. The van der Waals surface area contributed by atoms with Gasteiger partial charge in [0.2, 0.25) is 0 Å². The van der Waals surface area contributed by atoms with E-state index in [0.717, 1.165) is 11.1 Å². The molecule has 228 valence electrons. The van der Waals surface area contributed by atoms with Gasteiger partial charge in [-0.15, -0.1) is 16.8 Å². The molecule has 8 nitrogen and oxygen atoms in total. The van der Waals surface area contributed by atoms with Crippen LogP contribution >= 0.6 is 0 Å². The summed E-state index contributed by atoms with van der Waals surface area (Å²) in [5.41, 5.74) is 2.66. The van der Waals surface area contributed by atoms with Crippen LogP contribution in [-0.2, 0) is 26.2 Å². The summed E-state index contributed by atoms with van der Waals surface area (Å²) in [4.78, 5) is 0. The zero-order valence-electron chi connectivity index (χ0n) is 25.0. The summed E-state index contributed by atoms with van der Waals surface area (Å²) in [5, 5.41) is 0. The number of rotatable bonds is 12. The predicted octanol–water partition coefficient (Wildman–Crippen LogP) is 7.66. The van der Waals surface area contributed by atoms with Crippen molar-refractivity contribution in [3.05, 3.63) is 119 Å². The van der Waals surface area contributed by atoms with E-state index in [1.165, 1.54) is 24.3 Å². The van der Waals surface area contributed by atoms with Gasteiger partial charge in [-0.1, -0.05) is 102 Å². The molecule has 0 N–H and O–H groups in total. The lowest BCUT2D eigenvalue weighted by Crippen LogP contribution is -2.22. The van der Waals surface area contributed by atoms with Gasteiger partial charge in [0.05, 0.1) is 0 Å². The third-order valence-electron chi connectivity index (χ3n) is 6.97. The fraction of sp³-hybridized carbons (Fsp3) is 0.273. The largest absolute Gasteiger partial charge is 0.500 e. The normalized spacial score (nSPS) is 12.3. The average molecular weight is 625 g/mol. The number of benzene rings is 4.